The number of fused-ring (bicyclic) bond motifs is 5. The molecule has 13 atom stereocenters. The maximum absolute atomic E-state index is 12.1. The highest BCUT2D eigenvalue weighted by atomic mass is 16.5. The Morgan fingerprint density at radius 3 is 1.71 bits per heavy atom. The smallest absolute Gasteiger partial charge is 0.302 e. The summed E-state index contributed by atoms with van der Waals surface area (Å²) >= 11 is 0. The van der Waals surface area contributed by atoms with E-state index in [0.717, 1.165) is 49.7 Å². The molecule has 4 aromatic carbocycles. The van der Waals surface area contributed by atoms with Gasteiger partial charge in [0, 0.05) is 24.7 Å². The van der Waals surface area contributed by atoms with Crippen molar-refractivity contribution in [3.63, 3.8) is 0 Å². The lowest BCUT2D eigenvalue weighted by atomic mass is 9.42. The minimum absolute atomic E-state index is 0.00794. The predicted molar refractivity (Wildman–Crippen MR) is 261 cm³/mol. The van der Waals surface area contributed by atoms with Gasteiger partial charge >= 0.3 is 5.97 Å². The minimum Gasteiger partial charge on any atom is -0.466 e. The van der Waals surface area contributed by atoms with Crippen LogP contribution in [-0.4, -0.2) is 48.2 Å². The molecular formula is C59H76O7. The van der Waals surface area contributed by atoms with Crippen molar-refractivity contribution in [1.29, 1.82) is 0 Å². The van der Waals surface area contributed by atoms with Crippen LogP contribution in [0.4, 0.5) is 0 Å². The normalized spacial score (nSPS) is 30.6. The Balaban J connectivity index is 1.16. The van der Waals surface area contributed by atoms with Crippen LogP contribution in [0.15, 0.2) is 133 Å². The van der Waals surface area contributed by atoms with Crippen molar-refractivity contribution in [3.8, 4) is 0 Å². The highest BCUT2D eigenvalue weighted by molar-refractivity contribution is 5.65. The zero-order chi connectivity index (χ0) is 46.3. The number of ether oxygens (including phenoxy) is 5. The van der Waals surface area contributed by atoms with Gasteiger partial charge in [-0.3, -0.25) is 4.79 Å². The van der Waals surface area contributed by atoms with E-state index >= 15 is 0 Å². The molecule has 0 amide bonds. The SMILES string of the molecule is CC(=O)OCC[C@@H](CC(O)[C@H](C)C1=CCC2C3C(OCc4ccccc4)[C@H](OCc4ccccc4)C4C[C@H](OCc5ccccc5)C[C@H](OCc5ccccc5)[C@]4(C)C3CC[C@]12C)C(C)C. The van der Waals surface area contributed by atoms with Gasteiger partial charge in [-0.05, 0) is 102 Å². The van der Waals surface area contributed by atoms with Crippen LogP contribution < -0.4 is 0 Å². The van der Waals surface area contributed by atoms with E-state index in [1.165, 1.54) is 23.6 Å². The van der Waals surface area contributed by atoms with Gasteiger partial charge in [0.2, 0.25) is 0 Å². The monoisotopic (exact) mass is 897 g/mol. The van der Waals surface area contributed by atoms with Crippen LogP contribution in [-0.2, 0) is 54.9 Å². The number of carbonyl (C=O) groups is 1. The lowest BCUT2D eigenvalue weighted by molar-refractivity contribution is -0.282. The Labute approximate surface area is 395 Å². The predicted octanol–water partition coefficient (Wildman–Crippen LogP) is 12.3. The molecule has 0 heterocycles. The molecule has 0 saturated heterocycles. The Hall–Kier alpha value is -4.11. The summed E-state index contributed by atoms with van der Waals surface area (Å²) in [5.41, 5.74) is 5.71. The molecule has 0 spiro atoms. The summed E-state index contributed by atoms with van der Waals surface area (Å²) in [4.78, 5) is 11.6. The van der Waals surface area contributed by atoms with Gasteiger partial charge in [-0.1, -0.05) is 168 Å². The van der Waals surface area contributed by atoms with Gasteiger partial charge in [0.05, 0.1) is 63.6 Å². The molecule has 4 aromatic rings. The Morgan fingerprint density at radius 1 is 0.667 bits per heavy atom. The van der Waals surface area contributed by atoms with Crippen molar-refractivity contribution in [2.24, 2.45) is 52.3 Å². The molecule has 66 heavy (non-hydrogen) atoms. The van der Waals surface area contributed by atoms with Crippen molar-refractivity contribution in [3.05, 3.63) is 155 Å². The number of carbonyl (C=O) groups excluding carboxylic acids is 1. The quantitative estimate of drug-likeness (QED) is 0.0699. The molecule has 4 aliphatic carbocycles. The topological polar surface area (TPSA) is 83.5 Å². The zero-order valence-corrected chi connectivity index (χ0v) is 40.4. The van der Waals surface area contributed by atoms with Crippen LogP contribution in [0.5, 0.6) is 0 Å². The van der Waals surface area contributed by atoms with Crippen molar-refractivity contribution in [2.75, 3.05) is 6.61 Å². The third-order valence-electron chi connectivity index (χ3n) is 16.9. The molecular weight excluding hydrogens is 821 g/mol. The molecule has 0 aliphatic heterocycles. The first kappa shape index (κ1) is 48.4. The number of benzene rings is 4. The largest absolute Gasteiger partial charge is 0.466 e. The van der Waals surface area contributed by atoms with Gasteiger partial charge in [-0.15, -0.1) is 0 Å². The summed E-state index contributed by atoms with van der Waals surface area (Å²) in [6.45, 7) is 15.7. The van der Waals surface area contributed by atoms with Gasteiger partial charge in [-0.2, -0.15) is 0 Å². The third kappa shape index (κ3) is 10.8. The summed E-state index contributed by atoms with van der Waals surface area (Å²) in [5.74, 6) is 1.25. The fourth-order valence-electron chi connectivity index (χ4n) is 13.2. The maximum atomic E-state index is 12.1. The zero-order valence-electron chi connectivity index (χ0n) is 40.4. The number of allylic oxidation sites excluding steroid dienone is 1. The highest BCUT2D eigenvalue weighted by Crippen LogP contribution is 2.68. The molecule has 4 aliphatic rings. The fraction of sp³-hybridized carbons (Fsp3) is 0.542. The first-order valence-corrected chi connectivity index (χ1v) is 25.1. The number of aliphatic hydroxyl groups is 1. The van der Waals surface area contributed by atoms with E-state index in [1.54, 1.807) is 0 Å². The minimum atomic E-state index is -0.503. The molecule has 3 saturated carbocycles. The van der Waals surface area contributed by atoms with Crippen molar-refractivity contribution >= 4 is 5.97 Å². The second-order valence-electron chi connectivity index (χ2n) is 21.0. The van der Waals surface area contributed by atoms with Crippen molar-refractivity contribution in [1.82, 2.24) is 0 Å². The van der Waals surface area contributed by atoms with Gasteiger partial charge in [0.15, 0.2) is 0 Å². The van der Waals surface area contributed by atoms with E-state index in [0.29, 0.717) is 57.2 Å². The second kappa shape index (κ2) is 21.9. The van der Waals surface area contributed by atoms with E-state index in [-0.39, 0.29) is 64.9 Å². The van der Waals surface area contributed by atoms with Gasteiger partial charge in [0.1, 0.15) is 0 Å². The second-order valence-corrected chi connectivity index (χ2v) is 21.0. The third-order valence-corrected chi connectivity index (χ3v) is 16.9. The molecule has 6 unspecified atom stereocenters. The average Bonchev–Trinajstić information content (AvgIpc) is 3.69. The van der Waals surface area contributed by atoms with Crippen LogP contribution in [0.25, 0.3) is 0 Å². The van der Waals surface area contributed by atoms with Crippen LogP contribution in [0.3, 0.4) is 0 Å². The van der Waals surface area contributed by atoms with E-state index in [2.05, 4.69) is 162 Å². The number of rotatable bonds is 20. The van der Waals surface area contributed by atoms with Gasteiger partial charge in [0.25, 0.3) is 0 Å². The molecule has 0 radical (unpaired) electrons. The van der Waals surface area contributed by atoms with Crippen LogP contribution in [0, 0.1) is 52.3 Å². The van der Waals surface area contributed by atoms with Crippen LogP contribution in [0.2, 0.25) is 0 Å². The Bertz CT molecular complexity index is 2140. The lowest BCUT2D eigenvalue weighted by Crippen LogP contribution is -2.69. The molecule has 0 bridgehead atoms. The standard InChI is InChI=1S/C59H76O7/c1-40(2)47(30-32-62-42(4)60)33-53(61)41(3)49-27-28-50-55-51(29-31-58(49,50)5)59(6)52(56(65-38-45-23-15-9-16-24-45)57(55)66-39-46-25-17-10-18-26-46)34-48(63-36-43-19-11-7-12-20-43)35-54(59)64-37-44-21-13-8-14-22-44/h7-27,40-41,47-48,50-57,61H,28-39H2,1-6H3/t41-,47+,48+,50?,51?,52?,53?,54+,55?,56-,57?,58-,59-/m1/s1. The van der Waals surface area contributed by atoms with E-state index in [9.17, 15) is 9.90 Å². The summed E-state index contributed by atoms with van der Waals surface area (Å²) in [7, 11) is 0. The van der Waals surface area contributed by atoms with E-state index in [4.69, 9.17) is 23.7 Å². The van der Waals surface area contributed by atoms with Crippen LogP contribution >= 0.6 is 0 Å². The van der Waals surface area contributed by atoms with Crippen LogP contribution in [0.1, 0.15) is 109 Å². The Morgan fingerprint density at radius 2 is 1.18 bits per heavy atom. The molecule has 354 valence electrons. The maximum Gasteiger partial charge on any atom is 0.302 e. The molecule has 7 nitrogen and oxygen atoms in total. The van der Waals surface area contributed by atoms with E-state index < -0.39 is 6.10 Å². The summed E-state index contributed by atoms with van der Waals surface area (Å²) in [5, 5.41) is 12.1. The molecule has 7 heteroatoms. The number of aliphatic hydroxyl groups excluding tert-OH is 1. The first-order chi connectivity index (χ1) is 32.0. The average molecular weight is 897 g/mol. The van der Waals surface area contributed by atoms with Crippen molar-refractivity contribution in [2.45, 2.75) is 143 Å². The van der Waals surface area contributed by atoms with Gasteiger partial charge < -0.3 is 28.8 Å². The summed E-state index contributed by atoms with van der Waals surface area (Å²) in [6, 6.07) is 42.4. The fourth-order valence-corrected chi connectivity index (χ4v) is 13.2. The summed E-state index contributed by atoms with van der Waals surface area (Å²) in [6.07, 6.45) is 7.67. The Kier molecular flexibility index (Phi) is 16.0. The molecule has 3 fully saturated rings. The van der Waals surface area contributed by atoms with E-state index in [1.807, 2.05) is 0 Å². The number of esters is 1. The van der Waals surface area contributed by atoms with Crippen molar-refractivity contribution < 1.29 is 33.6 Å². The number of hydrogen-bond acceptors (Lipinski definition) is 7. The molecule has 8 rings (SSSR count). The van der Waals surface area contributed by atoms with Gasteiger partial charge in [-0.25, -0.2) is 0 Å². The molecule has 1 N–H and O–H groups in total. The number of hydrogen-bond donors (Lipinski definition) is 1. The summed E-state index contributed by atoms with van der Waals surface area (Å²) < 4.78 is 34.6. The first-order valence-electron chi connectivity index (χ1n) is 25.1. The highest BCUT2D eigenvalue weighted by Gasteiger charge is 2.68. The molecule has 0 aromatic heterocycles. The lowest BCUT2D eigenvalue weighted by Gasteiger charge is -2.66.